The van der Waals surface area contributed by atoms with Crippen LogP contribution < -0.4 is 14.8 Å². The highest BCUT2D eigenvalue weighted by molar-refractivity contribution is 6.32. The fourth-order valence-corrected chi connectivity index (χ4v) is 3.07. The van der Waals surface area contributed by atoms with Crippen LogP contribution in [0.3, 0.4) is 0 Å². The highest BCUT2D eigenvalue weighted by atomic mass is 35.5. The summed E-state index contributed by atoms with van der Waals surface area (Å²) < 4.78 is 10.8. The predicted octanol–water partition coefficient (Wildman–Crippen LogP) is 3.12. The van der Waals surface area contributed by atoms with E-state index in [-0.39, 0.29) is 11.9 Å². The van der Waals surface area contributed by atoms with Gasteiger partial charge >= 0.3 is 5.97 Å². The van der Waals surface area contributed by atoms with Crippen LogP contribution in [-0.4, -0.2) is 36.7 Å². The van der Waals surface area contributed by atoms with Crippen molar-refractivity contribution in [2.75, 3.05) is 13.7 Å². The van der Waals surface area contributed by atoms with Gasteiger partial charge in [0.15, 0.2) is 11.5 Å². The topological polar surface area (TPSA) is 84.9 Å². The lowest BCUT2D eigenvalue weighted by molar-refractivity contribution is -0.141. The molecule has 1 aliphatic carbocycles. The summed E-state index contributed by atoms with van der Waals surface area (Å²) in [5.74, 6) is -0.680. The van der Waals surface area contributed by atoms with Crippen LogP contribution in [0.15, 0.2) is 12.1 Å². The number of carbonyl (C=O) groups is 2. The number of benzene rings is 1. The van der Waals surface area contributed by atoms with Gasteiger partial charge in [0.2, 0.25) is 0 Å². The summed E-state index contributed by atoms with van der Waals surface area (Å²) in [5, 5.41) is 12.2. The van der Waals surface area contributed by atoms with E-state index in [1.54, 1.807) is 6.07 Å². The largest absolute Gasteiger partial charge is 0.493 e. The van der Waals surface area contributed by atoms with Crippen molar-refractivity contribution in [2.24, 2.45) is 5.92 Å². The molecule has 0 unspecified atom stereocenters. The molecule has 0 aromatic heterocycles. The van der Waals surface area contributed by atoms with Crippen molar-refractivity contribution in [3.63, 3.8) is 0 Å². The average Bonchev–Trinajstić information content (AvgIpc) is 3.01. The zero-order chi connectivity index (χ0) is 17.7. The van der Waals surface area contributed by atoms with Crippen LogP contribution in [0.4, 0.5) is 0 Å². The first kappa shape index (κ1) is 18.4. The van der Waals surface area contributed by atoms with Gasteiger partial charge in [-0.15, -0.1) is 0 Å². The van der Waals surface area contributed by atoms with E-state index in [9.17, 15) is 9.59 Å². The van der Waals surface area contributed by atoms with Gasteiger partial charge in [0, 0.05) is 11.6 Å². The molecular formula is C17H22ClNO5. The van der Waals surface area contributed by atoms with Gasteiger partial charge in [0.1, 0.15) is 0 Å². The monoisotopic (exact) mass is 355 g/mol. The van der Waals surface area contributed by atoms with Gasteiger partial charge in [-0.1, -0.05) is 18.5 Å². The third-order valence-corrected chi connectivity index (χ3v) is 4.34. The van der Waals surface area contributed by atoms with Crippen molar-refractivity contribution in [1.29, 1.82) is 0 Å². The minimum absolute atomic E-state index is 0.139. The lowest BCUT2D eigenvalue weighted by atomic mass is 10.1. The second-order valence-electron chi connectivity index (χ2n) is 5.86. The average molecular weight is 356 g/mol. The number of nitrogens with one attached hydrogen (secondary N) is 1. The number of carboxylic acids is 1. The summed E-state index contributed by atoms with van der Waals surface area (Å²) in [6.07, 6.45) is 2.51. The van der Waals surface area contributed by atoms with Gasteiger partial charge in [-0.25, -0.2) is 0 Å². The lowest BCUT2D eigenvalue weighted by Gasteiger charge is -2.16. The number of hydrogen-bond acceptors (Lipinski definition) is 4. The molecular weight excluding hydrogens is 334 g/mol. The van der Waals surface area contributed by atoms with Crippen LogP contribution in [0, 0.1) is 5.92 Å². The Morgan fingerprint density at radius 1 is 1.38 bits per heavy atom. The molecule has 1 aliphatic rings. The van der Waals surface area contributed by atoms with Gasteiger partial charge in [-0.3, -0.25) is 9.59 Å². The number of halogens is 1. The summed E-state index contributed by atoms with van der Waals surface area (Å²) >= 11 is 6.21. The van der Waals surface area contributed by atoms with E-state index in [0.29, 0.717) is 48.0 Å². The molecule has 24 heavy (non-hydrogen) atoms. The van der Waals surface area contributed by atoms with Gasteiger partial charge in [0.25, 0.3) is 5.91 Å². The zero-order valence-corrected chi connectivity index (χ0v) is 14.6. The second kappa shape index (κ2) is 8.24. The quantitative estimate of drug-likeness (QED) is 0.785. The zero-order valence-electron chi connectivity index (χ0n) is 13.8. The number of amides is 1. The first-order valence-corrected chi connectivity index (χ1v) is 8.38. The maximum Gasteiger partial charge on any atom is 0.306 e. The fraction of sp³-hybridized carbons (Fsp3) is 0.529. The van der Waals surface area contributed by atoms with Gasteiger partial charge < -0.3 is 19.9 Å². The maximum absolute atomic E-state index is 12.4. The Bertz CT molecular complexity index is 619. The van der Waals surface area contributed by atoms with E-state index in [2.05, 4.69) is 5.32 Å². The minimum atomic E-state index is -0.811. The highest BCUT2D eigenvalue weighted by Gasteiger charge is 2.31. The third-order valence-electron chi connectivity index (χ3n) is 4.06. The molecule has 0 heterocycles. The molecule has 132 valence electrons. The molecule has 1 amide bonds. The Kier molecular flexibility index (Phi) is 6.31. The molecule has 1 fully saturated rings. The molecule has 0 spiro atoms. The number of methoxy groups -OCH3 is 1. The van der Waals surface area contributed by atoms with Crippen molar-refractivity contribution in [2.45, 2.75) is 38.6 Å². The summed E-state index contributed by atoms with van der Waals surface area (Å²) in [6, 6.07) is 2.98. The summed E-state index contributed by atoms with van der Waals surface area (Å²) in [4.78, 5) is 23.4. The number of ether oxygens (including phenoxy) is 2. The second-order valence-corrected chi connectivity index (χ2v) is 6.26. The van der Waals surface area contributed by atoms with E-state index >= 15 is 0 Å². The molecule has 1 saturated carbocycles. The molecule has 6 nitrogen and oxygen atoms in total. The Labute approximate surface area is 146 Å². The molecule has 2 atom stereocenters. The van der Waals surface area contributed by atoms with Crippen molar-refractivity contribution < 1.29 is 24.2 Å². The first-order chi connectivity index (χ1) is 11.5. The lowest BCUT2D eigenvalue weighted by Crippen LogP contribution is -2.33. The highest BCUT2D eigenvalue weighted by Crippen LogP contribution is 2.36. The Balaban J connectivity index is 2.09. The van der Waals surface area contributed by atoms with Crippen LogP contribution in [0.5, 0.6) is 11.5 Å². The van der Waals surface area contributed by atoms with E-state index < -0.39 is 11.9 Å². The molecule has 2 N–H and O–H groups in total. The normalized spacial score (nSPS) is 19.8. The molecule has 1 aromatic rings. The van der Waals surface area contributed by atoms with Crippen LogP contribution in [-0.2, 0) is 4.79 Å². The van der Waals surface area contributed by atoms with Gasteiger partial charge in [0.05, 0.1) is 24.7 Å². The number of carboxylic acid groups (broad SMARTS) is 1. The van der Waals surface area contributed by atoms with Crippen LogP contribution >= 0.6 is 11.6 Å². The number of rotatable bonds is 7. The number of carbonyl (C=O) groups excluding carboxylic acids is 1. The summed E-state index contributed by atoms with van der Waals surface area (Å²) in [6.45, 7) is 2.48. The van der Waals surface area contributed by atoms with E-state index in [1.165, 1.54) is 13.2 Å². The van der Waals surface area contributed by atoms with Crippen LogP contribution in [0.2, 0.25) is 5.02 Å². The maximum atomic E-state index is 12.4. The molecule has 0 saturated heterocycles. The molecule has 0 bridgehead atoms. The molecule has 0 aliphatic heterocycles. The minimum Gasteiger partial charge on any atom is -0.493 e. The smallest absolute Gasteiger partial charge is 0.306 e. The Morgan fingerprint density at radius 3 is 2.71 bits per heavy atom. The Hall–Kier alpha value is -1.95. The van der Waals surface area contributed by atoms with E-state index in [1.807, 2.05) is 6.92 Å². The Morgan fingerprint density at radius 2 is 2.12 bits per heavy atom. The van der Waals surface area contributed by atoms with Crippen LogP contribution in [0.1, 0.15) is 43.0 Å². The van der Waals surface area contributed by atoms with Gasteiger partial charge in [-0.05, 0) is 37.8 Å². The molecule has 2 rings (SSSR count). The summed E-state index contributed by atoms with van der Waals surface area (Å²) in [7, 11) is 1.49. The van der Waals surface area contributed by atoms with Crippen molar-refractivity contribution in [3.8, 4) is 11.5 Å². The van der Waals surface area contributed by atoms with Crippen molar-refractivity contribution in [1.82, 2.24) is 5.32 Å². The predicted molar refractivity (Wildman–Crippen MR) is 90.0 cm³/mol. The van der Waals surface area contributed by atoms with Crippen LogP contribution in [0.25, 0.3) is 0 Å². The first-order valence-electron chi connectivity index (χ1n) is 8.00. The van der Waals surface area contributed by atoms with E-state index in [0.717, 1.165) is 6.42 Å². The number of aliphatic carboxylic acids is 1. The van der Waals surface area contributed by atoms with E-state index in [4.69, 9.17) is 26.2 Å². The molecule has 7 heteroatoms. The fourth-order valence-electron chi connectivity index (χ4n) is 2.80. The van der Waals surface area contributed by atoms with Crippen molar-refractivity contribution >= 4 is 23.5 Å². The molecule has 0 radical (unpaired) electrons. The molecule has 1 aromatic carbocycles. The van der Waals surface area contributed by atoms with Gasteiger partial charge in [-0.2, -0.15) is 0 Å². The van der Waals surface area contributed by atoms with Crippen molar-refractivity contribution in [3.05, 3.63) is 22.7 Å². The number of hydrogen-bond donors (Lipinski definition) is 2. The third kappa shape index (κ3) is 4.32. The standard InChI is InChI=1S/C17H22ClNO5/c1-3-6-24-15-13(18)8-11(9-14(15)23-2)16(20)19-12-5-4-10(7-12)17(21)22/h8-10,12H,3-7H2,1-2H3,(H,19,20)(H,21,22)/t10-,12+/m0/s1. The SMILES string of the molecule is CCCOc1c(Cl)cc(C(=O)N[C@@H]2CC[C@H](C(=O)O)C2)cc1OC. The summed E-state index contributed by atoms with van der Waals surface area (Å²) in [5.41, 5.74) is 0.361.